The average molecular weight is 1240 g/mol. The average Bonchev–Trinajstić information content (AvgIpc) is 2.82. The zero-order valence-corrected chi connectivity index (χ0v) is 32.8. The van der Waals surface area contributed by atoms with Gasteiger partial charge in [-0.15, -0.1) is 26.3 Å². The fourth-order valence-electron chi connectivity index (χ4n) is 3.90. The molecule has 4 aromatic carbocycles. The van der Waals surface area contributed by atoms with E-state index in [2.05, 4.69) is 54.7 Å². The molecule has 0 radical (unpaired) electrons. The van der Waals surface area contributed by atoms with Gasteiger partial charge in [-0.2, -0.15) is 0 Å². The van der Waals surface area contributed by atoms with E-state index in [0.29, 0.717) is 20.7 Å². The Hall–Kier alpha value is 0.440. The molecule has 0 aliphatic rings. The summed E-state index contributed by atoms with van der Waals surface area (Å²) in [6.07, 6.45) is -8.88. The van der Waals surface area contributed by atoms with Crippen LogP contribution in [0.4, 0.5) is 26.3 Å². The molecule has 0 fully saturated rings. The van der Waals surface area contributed by atoms with Crippen LogP contribution in [0.5, 0.6) is 11.5 Å². The molecule has 0 aromatic heterocycles. The minimum Gasteiger partial charge on any atom is -0.404 e. The topological polar surface area (TPSA) is 18.5 Å². The zero-order valence-electron chi connectivity index (χ0n) is 19.8. The van der Waals surface area contributed by atoms with E-state index < -0.39 is 12.7 Å². The summed E-state index contributed by atoms with van der Waals surface area (Å²) in [5.41, 5.74) is 5.49. The van der Waals surface area contributed by atoms with Gasteiger partial charge in [-0.05, 0) is 212 Å². The van der Waals surface area contributed by atoms with E-state index in [1.165, 1.54) is 0 Å². The predicted octanol–water partition coefficient (Wildman–Crippen LogP) is 12.0. The summed E-state index contributed by atoms with van der Waals surface area (Å²) < 4.78 is 88.4. The van der Waals surface area contributed by atoms with Crippen molar-refractivity contribution in [3.05, 3.63) is 93.2 Å². The Balaban J connectivity index is 1.55. The van der Waals surface area contributed by atoms with Crippen LogP contribution in [0.3, 0.4) is 0 Å². The summed E-state index contributed by atoms with van der Waals surface area (Å²) in [5, 5.41) is 0. The van der Waals surface area contributed by atoms with Crippen molar-refractivity contribution in [1.29, 1.82) is 0 Å². The van der Waals surface area contributed by atoms with Crippen molar-refractivity contribution < 1.29 is 35.8 Å². The molecule has 0 heterocycles. The van der Waals surface area contributed by atoms with E-state index in [1.54, 1.807) is 24.3 Å². The monoisotopic (exact) mass is 1240 g/mol. The summed E-state index contributed by atoms with van der Waals surface area (Å²) in [6.45, 7) is 0. The Kier molecular flexibility index (Phi) is 11.6. The van der Waals surface area contributed by atoms with Crippen LogP contribution in [0, 0.1) is 21.4 Å². The summed E-state index contributed by atoms with van der Waals surface area (Å²) >= 11 is 11.8. The van der Waals surface area contributed by atoms with Gasteiger partial charge >= 0.3 is 12.7 Å². The molecule has 0 saturated heterocycles. The van der Waals surface area contributed by atoms with E-state index in [1.807, 2.05) is 127 Å². The number of hydrogen-bond donors (Lipinski definition) is 0. The van der Waals surface area contributed by atoms with Gasteiger partial charge in [0.25, 0.3) is 0 Å². The molecular formula is C27H12F6I6O2. The van der Waals surface area contributed by atoms with Crippen LogP contribution in [-0.4, -0.2) is 12.7 Å². The molecule has 0 amide bonds. The molecule has 0 N–H and O–H groups in total. The lowest BCUT2D eigenvalue weighted by molar-refractivity contribution is -0.276. The lowest BCUT2D eigenvalue weighted by Gasteiger charge is -2.15. The number of hydrogen-bond acceptors (Lipinski definition) is 2. The van der Waals surface area contributed by atoms with Crippen LogP contribution in [0.25, 0.3) is 22.3 Å². The number of benzene rings is 4. The second-order valence-electron chi connectivity index (χ2n) is 8.44. The first-order chi connectivity index (χ1) is 19.0. The first-order valence-electron chi connectivity index (χ1n) is 11.1. The molecule has 4 rings (SSSR count). The standard InChI is InChI=1S/C27H12F6I6O2/c28-26(29,30)40-24-20(36)8-14(9-21(24)37)16-3-1-12(6-18(16)34)5-13-2-4-17(19(35)7-13)15-10-22(38)25(23(39)11-15)41-27(31,32)33/h1-4,6-11H,5H2. The van der Waals surface area contributed by atoms with Crippen molar-refractivity contribution in [3.63, 3.8) is 0 Å². The number of ether oxygens (including phenoxy) is 2. The highest BCUT2D eigenvalue weighted by Gasteiger charge is 2.34. The molecule has 0 atom stereocenters. The van der Waals surface area contributed by atoms with Crippen molar-refractivity contribution in [1.82, 2.24) is 0 Å². The fraction of sp³-hybridized carbons (Fsp3) is 0.111. The molecule has 0 bridgehead atoms. The number of rotatable bonds is 6. The Morgan fingerprint density at radius 1 is 0.463 bits per heavy atom. The van der Waals surface area contributed by atoms with Gasteiger partial charge in [-0.25, -0.2) is 0 Å². The van der Waals surface area contributed by atoms with Gasteiger partial charge in [0.1, 0.15) is 0 Å². The predicted molar refractivity (Wildman–Crippen MR) is 196 cm³/mol. The number of alkyl halides is 6. The lowest BCUT2D eigenvalue weighted by Crippen LogP contribution is -2.18. The Morgan fingerprint density at radius 2 is 0.780 bits per heavy atom. The van der Waals surface area contributed by atoms with Gasteiger partial charge in [-0.1, -0.05) is 24.3 Å². The van der Waals surface area contributed by atoms with E-state index in [-0.39, 0.29) is 11.5 Å². The van der Waals surface area contributed by atoms with E-state index in [0.717, 1.165) is 40.5 Å². The van der Waals surface area contributed by atoms with Crippen LogP contribution < -0.4 is 9.47 Å². The smallest absolute Gasteiger partial charge is 0.404 e. The second-order valence-corrected chi connectivity index (χ2v) is 15.4. The van der Waals surface area contributed by atoms with Gasteiger partial charge < -0.3 is 9.47 Å². The first-order valence-corrected chi connectivity index (χ1v) is 17.5. The molecule has 2 nitrogen and oxygen atoms in total. The van der Waals surface area contributed by atoms with Gasteiger partial charge in [0, 0.05) is 7.14 Å². The minimum absolute atomic E-state index is 0.206. The van der Waals surface area contributed by atoms with E-state index in [4.69, 9.17) is 0 Å². The molecule has 0 saturated carbocycles. The maximum absolute atomic E-state index is 12.8. The summed E-state index contributed by atoms with van der Waals surface area (Å²) in [6, 6.07) is 18.7. The minimum atomic E-state index is -4.76. The SMILES string of the molecule is FC(F)(F)Oc1c(I)cc(-c2ccc(Cc3ccc(-c4cc(I)c(OC(F)(F)F)c(I)c4)c(I)c3)cc2I)cc1I. The highest BCUT2D eigenvalue weighted by Crippen LogP contribution is 2.39. The van der Waals surface area contributed by atoms with E-state index >= 15 is 0 Å². The first kappa shape index (κ1) is 34.3. The van der Waals surface area contributed by atoms with Gasteiger partial charge in [-0.3, -0.25) is 0 Å². The van der Waals surface area contributed by atoms with Crippen LogP contribution in [0.2, 0.25) is 0 Å². The van der Waals surface area contributed by atoms with Crippen molar-refractivity contribution in [3.8, 4) is 33.8 Å². The van der Waals surface area contributed by atoms with Crippen molar-refractivity contribution in [2.45, 2.75) is 19.1 Å². The summed E-state index contributed by atoms with van der Waals surface area (Å²) in [7, 11) is 0. The van der Waals surface area contributed by atoms with Crippen LogP contribution in [0.1, 0.15) is 11.1 Å². The normalized spacial score (nSPS) is 12.0. The molecule has 14 heteroatoms. The lowest BCUT2D eigenvalue weighted by atomic mass is 9.98. The summed E-state index contributed by atoms with van der Waals surface area (Å²) in [4.78, 5) is 0. The van der Waals surface area contributed by atoms with Gasteiger partial charge in [0.05, 0.1) is 14.3 Å². The van der Waals surface area contributed by atoms with Crippen LogP contribution in [-0.2, 0) is 6.42 Å². The largest absolute Gasteiger partial charge is 0.573 e. The molecule has 0 unspecified atom stereocenters. The maximum atomic E-state index is 12.8. The molecule has 0 spiro atoms. The highest BCUT2D eigenvalue weighted by atomic mass is 127. The molecule has 41 heavy (non-hydrogen) atoms. The molecule has 216 valence electrons. The molecule has 0 aliphatic heterocycles. The van der Waals surface area contributed by atoms with Crippen LogP contribution in [0.15, 0.2) is 60.7 Å². The van der Waals surface area contributed by atoms with Crippen molar-refractivity contribution in [2.75, 3.05) is 0 Å². The van der Waals surface area contributed by atoms with Crippen molar-refractivity contribution in [2.24, 2.45) is 0 Å². The quantitative estimate of drug-likeness (QED) is 0.141. The fourth-order valence-corrected chi connectivity index (χ4v) is 9.66. The second kappa shape index (κ2) is 13.8. The maximum Gasteiger partial charge on any atom is 0.573 e. The Labute approximate surface area is 312 Å². The Morgan fingerprint density at radius 3 is 1.05 bits per heavy atom. The van der Waals surface area contributed by atoms with Crippen molar-refractivity contribution >= 4 is 136 Å². The third kappa shape index (κ3) is 9.23. The highest BCUT2D eigenvalue weighted by molar-refractivity contribution is 14.1. The van der Waals surface area contributed by atoms with Gasteiger partial charge in [0.15, 0.2) is 11.5 Å². The molecule has 0 aliphatic carbocycles. The summed E-state index contributed by atoms with van der Waals surface area (Å²) in [5.74, 6) is -0.413. The van der Waals surface area contributed by atoms with Gasteiger partial charge in [0.2, 0.25) is 0 Å². The molecule has 4 aromatic rings. The third-order valence-corrected chi connectivity index (χ3v) is 10.5. The van der Waals surface area contributed by atoms with E-state index in [9.17, 15) is 26.3 Å². The third-order valence-electron chi connectivity index (χ3n) is 5.53. The molecular weight excluding hydrogens is 1230 g/mol. The Bertz CT molecular complexity index is 1460. The zero-order chi connectivity index (χ0) is 30.3. The van der Waals surface area contributed by atoms with Crippen LogP contribution >= 0.6 is 136 Å². The number of halogens is 12.